The van der Waals surface area contributed by atoms with Crippen LogP contribution in [0.4, 0.5) is 4.39 Å². The van der Waals surface area contributed by atoms with Crippen molar-refractivity contribution in [1.29, 1.82) is 0 Å². The van der Waals surface area contributed by atoms with E-state index in [0.717, 1.165) is 5.56 Å². The molecule has 2 aromatic carbocycles. The Hall–Kier alpha value is -2.02. The average Bonchev–Trinajstić information content (AvgIpc) is 2.45. The zero-order valence-electron chi connectivity index (χ0n) is 11.6. The molecule has 0 spiro atoms. The lowest BCUT2D eigenvalue weighted by Gasteiger charge is -2.09. The van der Waals surface area contributed by atoms with E-state index in [1.807, 2.05) is 19.1 Å². The van der Waals surface area contributed by atoms with E-state index >= 15 is 0 Å². The first kappa shape index (κ1) is 15.4. The summed E-state index contributed by atoms with van der Waals surface area (Å²) in [5, 5.41) is 0.528. The van der Waals surface area contributed by atoms with E-state index in [9.17, 15) is 4.39 Å². The van der Waals surface area contributed by atoms with Crippen molar-refractivity contribution < 1.29 is 9.13 Å². The van der Waals surface area contributed by atoms with Gasteiger partial charge in [-0.15, -0.1) is 0 Å². The van der Waals surface area contributed by atoms with Crippen molar-refractivity contribution in [2.75, 3.05) is 6.54 Å². The first-order valence-corrected chi connectivity index (χ1v) is 6.83. The van der Waals surface area contributed by atoms with Crippen molar-refractivity contribution in [3.05, 3.63) is 63.9 Å². The van der Waals surface area contributed by atoms with E-state index in [0.29, 0.717) is 21.9 Å². The van der Waals surface area contributed by atoms with E-state index in [-0.39, 0.29) is 19.0 Å². The third-order valence-electron chi connectivity index (χ3n) is 2.77. The van der Waals surface area contributed by atoms with Crippen molar-refractivity contribution in [3.8, 4) is 17.6 Å². The SMILES string of the molecule is Cc1ccc(Cl)c(OCc2cc(F)cc(C#CCN)c2)c1. The molecule has 0 aliphatic heterocycles. The van der Waals surface area contributed by atoms with Crippen LogP contribution in [-0.4, -0.2) is 6.54 Å². The monoisotopic (exact) mass is 303 g/mol. The first-order chi connectivity index (χ1) is 10.1. The van der Waals surface area contributed by atoms with E-state index in [2.05, 4.69) is 11.8 Å². The maximum atomic E-state index is 13.5. The Kier molecular flexibility index (Phi) is 5.21. The van der Waals surface area contributed by atoms with Crippen molar-refractivity contribution in [2.24, 2.45) is 5.73 Å². The van der Waals surface area contributed by atoms with Crippen molar-refractivity contribution in [2.45, 2.75) is 13.5 Å². The van der Waals surface area contributed by atoms with Crippen LogP contribution in [0.15, 0.2) is 36.4 Å². The summed E-state index contributed by atoms with van der Waals surface area (Å²) in [6.45, 7) is 2.41. The molecule has 0 amide bonds. The van der Waals surface area contributed by atoms with Crippen molar-refractivity contribution in [3.63, 3.8) is 0 Å². The van der Waals surface area contributed by atoms with Gasteiger partial charge >= 0.3 is 0 Å². The lowest BCUT2D eigenvalue weighted by Crippen LogP contribution is -1.98. The molecule has 0 heterocycles. The van der Waals surface area contributed by atoms with Crippen LogP contribution in [0.5, 0.6) is 5.75 Å². The van der Waals surface area contributed by atoms with Gasteiger partial charge in [0.2, 0.25) is 0 Å². The molecule has 21 heavy (non-hydrogen) atoms. The molecule has 0 aromatic heterocycles. The molecule has 2 aromatic rings. The van der Waals surface area contributed by atoms with Gasteiger partial charge in [-0.2, -0.15) is 0 Å². The van der Waals surface area contributed by atoms with Gasteiger partial charge < -0.3 is 10.5 Å². The summed E-state index contributed by atoms with van der Waals surface area (Å²) < 4.78 is 19.2. The molecular weight excluding hydrogens is 289 g/mol. The highest BCUT2D eigenvalue weighted by Crippen LogP contribution is 2.26. The maximum Gasteiger partial charge on any atom is 0.138 e. The molecule has 0 radical (unpaired) electrons. The molecule has 0 saturated carbocycles. The van der Waals surface area contributed by atoms with Gasteiger partial charge in [0.25, 0.3) is 0 Å². The second kappa shape index (κ2) is 7.12. The van der Waals surface area contributed by atoms with E-state index < -0.39 is 0 Å². The first-order valence-electron chi connectivity index (χ1n) is 6.46. The Labute approximate surface area is 128 Å². The molecule has 2 rings (SSSR count). The summed E-state index contributed by atoms with van der Waals surface area (Å²) in [7, 11) is 0. The Morgan fingerprint density at radius 2 is 2.05 bits per heavy atom. The zero-order valence-corrected chi connectivity index (χ0v) is 12.4. The predicted molar refractivity (Wildman–Crippen MR) is 82.9 cm³/mol. The Morgan fingerprint density at radius 1 is 1.24 bits per heavy atom. The summed E-state index contributed by atoms with van der Waals surface area (Å²) >= 11 is 6.06. The molecule has 0 aliphatic carbocycles. The summed E-state index contributed by atoms with van der Waals surface area (Å²) in [6.07, 6.45) is 0. The number of hydrogen-bond donors (Lipinski definition) is 1. The highest BCUT2D eigenvalue weighted by molar-refractivity contribution is 6.32. The quantitative estimate of drug-likeness (QED) is 0.878. The van der Waals surface area contributed by atoms with Crippen molar-refractivity contribution in [1.82, 2.24) is 0 Å². The summed E-state index contributed by atoms with van der Waals surface area (Å²) in [4.78, 5) is 0. The lowest BCUT2D eigenvalue weighted by molar-refractivity contribution is 0.305. The number of rotatable bonds is 3. The van der Waals surface area contributed by atoms with Gasteiger partial charge in [-0.3, -0.25) is 0 Å². The van der Waals surface area contributed by atoms with Crippen molar-refractivity contribution >= 4 is 11.6 Å². The summed E-state index contributed by atoms with van der Waals surface area (Å²) in [5.74, 6) is 5.73. The number of halogens is 2. The number of aryl methyl sites for hydroxylation is 1. The van der Waals surface area contributed by atoms with Crippen LogP contribution in [0, 0.1) is 24.6 Å². The lowest BCUT2D eigenvalue weighted by atomic mass is 10.1. The van der Waals surface area contributed by atoms with Crippen LogP contribution >= 0.6 is 11.6 Å². The zero-order chi connectivity index (χ0) is 15.2. The normalized spacial score (nSPS) is 9.90. The standard InChI is InChI=1S/C17H15ClFNO/c1-12-4-5-16(18)17(7-12)21-11-14-8-13(3-2-6-20)9-15(19)10-14/h4-5,7-10H,6,11,20H2,1H3. The maximum absolute atomic E-state index is 13.5. The molecule has 0 bridgehead atoms. The van der Waals surface area contributed by atoms with Gasteiger partial charge in [-0.25, -0.2) is 4.39 Å². The number of hydrogen-bond acceptors (Lipinski definition) is 2. The molecule has 0 unspecified atom stereocenters. The van der Waals surface area contributed by atoms with Crippen LogP contribution in [0.3, 0.4) is 0 Å². The van der Waals surface area contributed by atoms with E-state index in [1.54, 1.807) is 12.1 Å². The van der Waals surface area contributed by atoms with Crippen LogP contribution in [0.25, 0.3) is 0 Å². The topological polar surface area (TPSA) is 35.2 Å². The van der Waals surface area contributed by atoms with Crippen LogP contribution in [-0.2, 0) is 6.61 Å². The molecule has 108 valence electrons. The average molecular weight is 304 g/mol. The van der Waals surface area contributed by atoms with E-state index in [4.69, 9.17) is 22.1 Å². The van der Waals surface area contributed by atoms with Gasteiger partial charge in [0, 0.05) is 5.56 Å². The smallest absolute Gasteiger partial charge is 0.138 e. The van der Waals surface area contributed by atoms with Gasteiger partial charge in [-0.05, 0) is 48.4 Å². The molecule has 2 N–H and O–H groups in total. The van der Waals surface area contributed by atoms with Gasteiger partial charge in [0.1, 0.15) is 18.2 Å². The molecule has 2 nitrogen and oxygen atoms in total. The third-order valence-corrected chi connectivity index (χ3v) is 3.09. The van der Waals surface area contributed by atoms with Crippen LogP contribution in [0.1, 0.15) is 16.7 Å². The minimum absolute atomic E-state index is 0.220. The Balaban J connectivity index is 2.16. The molecule has 0 fully saturated rings. The second-order valence-electron chi connectivity index (χ2n) is 4.58. The second-order valence-corrected chi connectivity index (χ2v) is 4.98. The highest BCUT2D eigenvalue weighted by atomic mass is 35.5. The molecule has 0 atom stereocenters. The van der Waals surface area contributed by atoms with Gasteiger partial charge in [0.15, 0.2) is 0 Å². The van der Waals surface area contributed by atoms with Gasteiger partial charge in [-0.1, -0.05) is 29.5 Å². The molecule has 0 saturated heterocycles. The number of ether oxygens (including phenoxy) is 1. The van der Waals surface area contributed by atoms with Gasteiger partial charge in [0.05, 0.1) is 11.6 Å². The predicted octanol–water partition coefficient (Wildman–Crippen LogP) is 3.68. The third kappa shape index (κ3) is 4.49. The fourth-order valence-electron chi connectivity index (χ4n) is 1.84. The summed E-state index contributed by atoms with van der Waals surface area (Å²) in [6, 6.07) is 10.1. The van der Waals surface area contributed by atoms with E-state index in [1.165, 1.54) is 12.1 Å². The number of nitrogens with two attached hydrogens (primary N) is 1. The molecule has 4 heteroatoms. The molecular formula is C17H15ClFNO. The number of benzene rings is 2. The summed E-state index contributed by atoms with van der Waals surface area (Å²) in [5.41, 5.74) is 7.62. The Morgan fingerprint density at radius 3 is 2.81 bits per heavy atom. The fourth-order valence-corrected chi connectivity index (χ4v) is 2.01. The fraction of sp³-hybridized carbons (Fsp3) is 0.176. The molecule has 0 aliphatic rings. The highest BCUT2D eigenvalue weighted by Gasteiger charge is 2.04. The minimum Gasteiger partial charge on any atom is -0.487 e. The van der Waals surface area contributed by atoms with Crippen LogP contribution < -0.4 is 10.5 Å². The van der Waals surface area contributed by atoms with Crippen LogP contribution in [0.2, 0.25) is 5.02 Å². The largest absolute Gasteiger partial charge is 0.487 e. The Bertz CT molecular complexity index is 704. The minimum atomic E-state index is -0.354.